The van der Waals surface area contributed by atoms with Crippen LogP contribution in [-0.4, -0.2) is 48.3 Å². The summed E-state index contributed by atoms with van der Waals surface area (Å²) in [7, 11) is -14.9. The Labute approximate surface area is 286 Å². The molecular weight excluding hydrogens is 661 g/mol. The van der Waals surface area contributed by atoms with E-state index >= 15 is 0 Å². The second kappa shape index (κ2) is 27.1. The summed E-state index contributed by atoms with van der Waals surface area (Å²) >= 11 is 0. The van der Waals surface area contributed by atoms with E-state index < -0.39 is 39.9 Å². The Bertz CT molecular complexity index is 1120. The fourth-order valence-electron chi connectivity index (χ4n) is 5.31. The molecule has 3 N–H and O–H groups in total. The summed E-state index contributed by atoms with van der Waals surface area (Å²) in [5, 5.41) is 26.1. The van der Waals surface area contributed by atoms with Crippen molar-refractivity contribution in [3.05, 3.63) is 0 Å². The molecule has 0 radical (unpaired) electrons. The number of sulfonamides is 3. The Morgan fingerprint density at radius 3 is 1.02 bits per heavy atom. The molecule has 47 heavy (non-hydrogen) atoms. The summed E-state index contributed by atoms with van der Waals surface area (Å²) in [4.78, 5) is 0. The van der Waals surface area contributed by atoms with Crippen molar-refractivity contribution in [2.45, 2.75) is 164 Å². The van der Waals surface area contributed by atoms with Crippen LogP contribution in [0.1, 0.15) is 161 Å². The Hall–Kier alpha value is -1.80. The van der Waals surface area contributed by atoms with Crippen molar-refractivity contribution in [2.75, 3.05) is 19.6 Å². The van der Waals surface area contributed by atoms with Crippen LogP contribution in [0.4, 0.5) is 0 Å². The number of hydrogen-bond donors (Lipinski definition) is 3. The van der Waals surface area contributed by atoms with Crippen molar-refractivity contribution in [3.8, 4) is 18.2 Å². The van der Waals surface area contributed by atoms with Crippen LogP contribution in [0.5, 0.6) is 0 Å². The third-order valence-corrected chi connectivity index (χ3v) is 16.9. The Balaban J connectivity index is 6.08. The predicted octanol–water partition coefficient (Wildman–Crippen LogP) is 6.35. The van der Waals surface area contributed by atoms with Gasteiger partial charge in [0, 0.05) is 45.3 Å². The largest absolute Gasteiger partial charge is 0.313 e. The summed E-state index contributed by atoms with van der Waals surface area (Å²) < 4.78 is 88.3. The van der Waals surface area contributed by atoms with Gasteiger partial charge < -0.3 is 0 Å². The van der Waals surface area contributed by atoms with Gasteiger partial charge in [0.15, 0.2) is 0 Å². The van der Waals surface area contributed by atoms with E-state index in [0.29, 0.717) is 64.2 Å². The van der Waals surface area contributed by atoms with Crippen LogP contribution >= 0.6 is 0 Å². The lowest BCUT2D eigenvalue weighted by Gasteiger charge is -2.33. The van der Waals surface area contributed by atoms with Crippen LogP contribution in [0.15, 0.2) is 0 Å². The van der Waals surface area contributed by atoms with Crippen LogP contribution in [0.25, 0.3) is 0 Å². The highest BCUT2D eigenvalue weighted by Crippen LogP contribution is 2.36. The summed E-state index contributed by atoms with van der Waals surface area (Å²) in [6, 6.07) is 6.26. The molecule has 0 atom stereocenters. The van der Waals surface area contributed by atoms with Gasteiger partial charge in [-0.2, -0.15) is 15.8 Å². The molecule has 0 saturated carbocycles. The van der Waals surface area contributed by atoms with E-state index in [-0.39, 0.29) is 26.1 Å². The third kappa shape index (κ3) is 18.0. The average Bonchev–Trinajstić information content (AvgIpc) is 3.02. The quantitative estimate of drug-likeness (QED) is 0.0644. The first-order chi connectivity index (χ1) is 22.5. The van der Waals surface area contributed by atoms with Crippen LogP contribution in [0, 0.1) is 34.0 Å². The van der Waals surface area contributed by atoms with Gasteiger partial charge in [0.1, 0.15) is 0 Å². The maximum atomic E-state index is 14.1. The highest BCUT2D eigenvalue weighted by molar-refractivity contribution is 8.24. The molecule has 0 amide bonds. The molecule has 0 aromatic carbocycles. The minimum atomic E-state index is -4.96. The molecule has 15 heteroatoms. The van der Waals surface area contributed by atoms with Crippen molar-refractivity contribution in [3.63, 3.8) is 0 Å². The van der Waals surface area contributed by atoms with Crippen molar-refractivity contribution < 1.29 is 25.3 Å². The minimum absolute atomic E-state index is 0.0966. The SMILES string of the molecule is CCCCCCCC(S(=O)(=O)NCCCCCCCC#N)(S(=O)(=O)NCCCCCCCC#N)S(=O)(=O)NCCCCCCCC#N. The molecule has 0 rings (SSSR count). The van der Waals surface area contributed by atoms with Gasteiger partial charge in [0.05, 0.1) is 18.2 Å². The topological polar surface area (TPSA) is 210 Å². The van der Waals surface area contributed by atoms with E-state index in [1.54, 1.807) is 0 Å². The lowest BCUT2D eigenvalue weighted by Crippen LogP contribution is -2.63. The molecule has 12 nitrogen and oxygen atoms in total. The van der Waals surface area contributed by atoms with Gasteiger partial charge in [-0.3, -0.25) is 0 Å². The highest BCUT2D eigenvalue weighted by atomic mass is 32.3. The van der Waals surface area contributed by atoms with Crippen molar-refractivity contribution in [1.82, 2.24) is 14.2 Å². The molecule has 0 bridgehead atoms. The van der Waals surface area contributed by atoms with Gasteiger partial charge in [0.2, 0.25) is 30.1 Å². The van der Waals surface area contributed by atoms with E-state index in [9.17, 15) is 25.3 Å². The molecular formula is C32H60N6O6S3. The number of hydrogen-bond acceptors (Lipinski definition) is 9. The van der Waals surface area contributed by atoms with Gasteiger partial charge in [-0.25, -0.2) is 39.4 Å². The molecule has 0 fully saturated rings. The normalized spacial score (nSPS) is 12.4. The van der Waals surface area contributed by atoms with E-state index in [1.165, 1.54) is 0 Å². The Morgan fingerprint density at radius 1 is 0.426 bits per heavy atom. The average molecular weight is 721 g/mol. The minimum Gasteiger partial charge on any atom is -0.213 e. The maximum Gasteiger partial charge on any atom is 0.313 e. The molecule has 0 spiro atoms. The van der Waals surface area contributed by atoms with Crippen LogP contribution in [0.2, 0.25) is 0 Å². The second-order valence-corrected chi connectivity index (χ2v) is 18.8. The van der Waals surface area contributed by atoms with Gasteiger partial charge in [-0.15, -0.1) is 0 Å². The van der Waals surface area contributed by atoms with E-state index in [4.69, 9.17) is 15.8 Å². The van der Waals surface area contributed by atoms with Crippen LogP contribution < -0.4 is 14.2 Å². The Kier molecular flexibility index (Phi) is 26.0. The van der Waals surface area contributed by atoms with Crippen LogP contribution in [0.3, 0.4) is 0 Å². The first-order valence-electron chi connectivity index (χ1n) is 17.6. The number of nitrogens with zero attached hydrogens (tertiary/aromatic N) is 3. The first kappa shape index (κ1) is 45.2. The molecule has 0 aromatic heterocycles. The molecule has 0 aliphatic rings. The lowest BCUT2D eigenvalue weighted by atomic mass is 10.1. The van der Waals surface area contributed by atoms with Gasteiger partial charge >= 0.3 is 3.41 Å². The molecule has 0 aliphatic heterocycles. The Morgan fingerprint density at radius 2 is 0.702 bits per heavy atom. The van der Waals surface area contributed by atoms with Gasteiger partial charge in [0.25, 0.3) is 0 Å². The molecule has 0 heterocycles. The molecule has 0 saturated heterocycles. The summed E-state index contributed by atoms with van der Waals surface area (Å²) in [6.07, 6.45) is 14.0. The van der Waals surface area contributed by atoms with Crippen molar-refractivity contribution in [2.24, 2.45) is 0 Å². The smallest absolute Gasteiger partial charge is 0.213 e. The second-order valence-electron chi connectivity index (χ2n) is 12.1. The molecule has 0 aliphatic carbocycles. The van der Waals surface area contributed by atoms with Gasteiger partial charge in [-0.05, 0) is 44.9 Å². The number of nitriles is 3. The van der Waals surface area contributed by atoms with Crippen molar-refractivity contribution in [1.29, 1.82) is 15.8 Å². The maximum absolute atomic E-state index is 14.1. The molecule has 272 valence electrons. The number of unbranched alkanes of at least 4 members (excludes halogenated alkanes) is 19. The summed E-state index contributed by atoms with van der Waals surface area (Å²) in [5.41, 5.74) is 0. The fourth-order valence-corrected chi connectivity index (χ4v) is 13.0. The zero-order valence-corrected chi connectivity index (χ0v) is 31.1. The van der Waals surface area contributed by atoms with Crippen molar-refractivity contribution >= 4 is 30.1 Å². The predicted molar refractivity (Wildman–Crippen MR) is 187 cm³/mol. The number of rotatable bonds is 33. The standard InChI is InChI=1S/C32H60N6O6S3/c1-2-3-4-11-18-25-32(45(39,40)36-29-22-15-8-5-12-19-26-33,46(41,42)37-30-23-16-9-6-13-20-27-34)47(43,44)38-31-24-17-10-7-14-21-28-35/h36-38H,2-25,29-31H2,1H3. The highest BCUT2D eigenvalue weighted by Gasteiger charge is 2.64. The van der Waals surface area contributed by atoms with E-state index in [1.807, 2.05) is 6.92 Å². The van der Waals surface area contributed by atoms with E-state index in [0.717, 1.165) is 77.0 Å². The molecule has 0 aromatic rings. The zero-order chi connectivity index (χ0) is 35.3. The van der Waals surface area contributed by atoms with Gasteiger partial charge in [-0.1, -0.05) is 90.4 Å². The zero-order valence-electron chi connectivity index (χ0n) is 28.6. The fraction of sp³-hybridized carbons (Fsp3) is 0.906. The number of nitrogens with one attached hydrogen (secondary N) is 3. The van der Waals surface area contributed by atoms with E-state index in [2.05, 4.69) is 32.4 Å². The third-order valence-electron chi connectivity index (χ3n) is 8.09. The first-order valence-corrected chi connectivity index (χ1v) is 22.0. The van der Waals surface area contributed by atoms with Crippen LogP contribution in [-0.2, 0) is 30.1 Å². The lowest BCUT2D eigenvalue weighted by molar-refractivity contribution is 0.504. The summed E-state index contributed by atoms with van der Waals surface area (Å²) in [5.74, 6) is 0. The summed E-state index contributed by atoms with van der Waals surface area (Å²) in [6.45, 7) is 1.70. The monoisotopic (exact) mass is 720 g/mol. The molecule has 0 unspecified atom stereocenters.